The van der Waals surface area contributed by atoms with Gasteiger partial charge in [0, 0.05) is 5.75 Å². The molecule has 0 aliphatic rings. The third kappa shape index (κ3) is 3.87. The van der Waals surface area contributed by atoms with E-state index in [1.54, 1.807) is 11.8 Å². The van der Waals surface area contributed by atoms with Crippen LogP contribution in [0.15, 0.2) is 18.2 Å². The Balaban J connectivity index is 2.57. The van der Waals surface area contributed by atoms with Gasteiger partial charge in [0.15, 0.2) is 0 Å². The molecule has 0 aromatic heterocycles. The fourth-order valence-electron chi connectivity index (χ4n) is 1.57. The van der Waals surface area contributed by atoms with Crippen molar-refractivity contribution in [2.75, 3.05) is 0 Å². The molecule has 1 atom stereocenters. The summed E-state index contributed by atoms with van der Waals surface area (Å²) in [5.74, 6) is 5.78. The van der Waals surface area contributed by atoms with Crippen molar-refractivity contribution >= 4 is 17.7 Å². The topological polar surface area (TPSA) is 55.1 Å². The normalized spacial score (nSPS) is 12.2. The molecule has 1 aromatic rings. The van der Waals surface area contributed by atoms with Crippen molar-refractivity contribution in [1.29, 1.82) is 0 Å². The molecule has 16 heavy (non-hydrogen) atoms. The van der Waals surface area contributed by atoms with E-state index in [1.165, 1.54) is 16.7 Å². The summed E-state index contributed by atoms with van der Waals surface area (Å²) in [4.78, 5) is 11.2. The van der Waals surface area contributed by atoms with Gasteiger partial charge in [-0.2, -0.15) is 0 Å². The van der Waals surface area contributed by atoms with Gasteiger partial charge in [0.1, 0.15) is 0 Å². The van der Waals surface area contributed by atoms with Crippen LogP contribution in [0.3, 0.4) is 0 Å². The molecular weight excluding hydrogens is 220 g/mol. The minimum atomic E-state index is -0.130. The van der Waals surface area contributed by atoms with Crippen LogP contribution in [0.25, 0.3) is 0 Å². The minimum absolute atomic E-state index is 0.120. The fraction of sp³-hybridized carbons (Fsp3) is 0.417. The molecule has 0 heterocycles. The molecule has 0 spiro atoms. The Kier molecular flexibility index (Phi) is 4.83. The van der Waals surface area contributed by atoms with Crippen LogP contribution in [0.2, 0.25) is 0 Å². The molecular formula is C12H18N2OS. The zero-order valence-electron chi connectivity index (χ0n) is 9.91. The number of rotatable bonds is 4. The molecule has 0 fully saturated rings. The standard InChI is InChI=1S/C12H18N2OS/c1-8-4-9(2)6-11(5-8)7-16-10(3)12(15)14-13/h4-6,10H,7,13H2,1-3H3,(H,14,15). The van der Waals surface area contributed by atoms with Gasteiger partial charge in [-0.3, -0.25) is 10.2 Å². The van der Waals surface area contributed by atoms with Gasteiger partial charge in [-0.25, -0.2) is 5.84 Å². The Hall–Kier alpha value is -1.00. The number of benzene rings is 1. The van der Waals surface area contributed by atoms with Crippen LogP contribution in [0.1, 0.15) is 23.6 Å². The van der Waals surface area contributed by atoms with Crippen LogP contribution >= 0.6 is 11.8 Å². The van der Waals surface area contributed by atoms with Crippen LogP contribution in [-0.4, -0.2) is 11.2 Å². The lowest BCUT2D eigenvalue weighted by Crippen LogP contribution is -2.36. The molecule has 0 saturated heterocycles. The Morgan fingerprint density at radius 3 is 2.44 bits per heavy atom. The smallest absolute Gasteiger partial charge is 0.246 e. The van der Waals surface area contributed by atoms with Gasteiger partial charge >= 0.3 is 0 Å². The number of nitrogens with two attached hydrogens (primary N) is 1. The summed E-state index contributed by atoms with van der Waals surface area (Å²) in [6.45, 7) is 6.02. The van der Waals surface area contributed by atoms with E-state index in [0.29, 0.717) is 0 Å². The first-order valence-corrected chi connectivity index (χ1v) is 6.27. The van der Waals surface area contributed by atoms with Crippen LogP contribution in [-0.2, 0) is 10.5 Å². The maximum absolute atomic E-state index is 11.2. The van der Waals surface area contributed by atoms with Crippen LogP contribution in [0.4, 0.5) is 0 Å². The van der Waals surface area contributed by atoms with Gasteiger partial charge in [0.05, 0.1) is 5.25 Å². The van der Waals surface area contributed by atoms with Crippen molar-refractivity contribution in [3.8, 4) is 0 Å². The summed E-state index contributed by atoms with van der Waals surface area (Å²) in [6.07, 6.45) is 0. The second-order valence-corrected chi connectivity index (χ2v) is 5.29. The van der Waals surface area contributed by atoms with Crippen LogP contribution < -0.4 is 11.3 Å². The summed E-state index contributed by atoms with van der Waals surface area (Å²) < 4.78 is 0. The summed E-state index contributed by atoms with van der Waals surface area (Å²) in [5, 5.41) is -0.120. The Morgan fingerprint density at radius 1 is 1.38 bits per heavy atom. The molecule has 1 aromatic carbocycles. The SMILES string of the molecule is Cc1cc(C)cc(CSC(C)C(=O)NN)c1. The van der Waals surface area contributed by atoms with Crippen molar-refractivity contribution < 1.29 is 4.79 Å². The number of thioether (sulfide) groups is 1. The number of amides is 1. The summed E-state index contributed by atoms with van der Waals surface area (Å²) in [5.41, 5.74) is 5.93. The molecule has 1 unspecified atom stereocenters. The van der Waals surface area contributed by atoms with Crippen molar-refractivity contribution in [3.63, 3.8) is 0 Å². The van der Waals surface area contributed by atoms with E-state index in [4.69, 9.17) is 5.84 Å². The summed E-state index contributed by atoms with van der Waals surface area (Å²) in [7, 11) is 0. The van der Waals surface area contributed by atoms with Crippen LogP contribution in [0, 0.1) is 13.8 Å². The highest BCUT2D eigenvalue weighted by molar-refractivity contribution is 7.99. The first kappa shape index (κ1) is 13.1. The Morgan fingerprint density at radius 2 is 1.94 bits per heavy atom. The number of hydrogen-bond acceptors (Lipinski definition) is 3. The van der Waals surface area contributed by atoms with E-state index < -0.39 is 0 Å². The Bertz CT molecular complexity index is 359. The number of aryl methyl sites for hydroxylation is 2. The van der Waals surface area contributed by atoms with Gasteiger partial charge in [-0.05, 0) is 26.3 Å². The molecule has 0 radical (unpaired) electrons. The average molecular weight is 238 g/mol. The number of nitrogens with one attached hydrogen (secondary N) is 1. The number of carbonyl (C=O) groups is 1. The lowest BCUT2D eigenvalue weighted by Gasteiger charge is -2.10. The first-order chi connectivity index (χ1) is 7.52. The highest BCUT2D eigenvalue weighted by atomic mass is 32.2. The molecule has 1 rings (SSSR count). The summed E-state index contributed by atoms with van der Waals surface area (Å²) >= 11 is 1.59. The predicted molar refractivity (Wildman–Crippen MR) is 69.0 cm³/mol. The third-order valence-corrected chi connectivity index (χ3v) is 3.51. The molecule has 3 nitrogen and oxygen atoms in total. The van der Waals surface area contributed by atoms with E-state index in [2.05, 4.69) is 37.5 Å². The second kappa shape index (κ2) is 5.92. The van der Waals surface area contributed by atoms with Gasteiger partial charge in [0.25, 0.3) is 0 Å². The van der Waals surface area contributed by atoms with Crippen molar-refractivity contribution in [3.05, 3.63) is 34.9 Å². The van der Waals surface area contributed by atoms with E-state index in [9.17, 15) is 4.79 Å². The van der Waals surface area contributed by atoms with Crippen LogP contribution in [0.5, 0.6) is 0 Å². The van der Waals surface area contributed by atoms with Crippen molar-refractivity contribution in [2.45, 2.75) is 31.8 Å². The minimum Gasteiger partial charge on any atom is -0.293 e. The van der Waals surface area contributed by atoms with E-state index in [0.717, 1.165) is 5.75 Å². The van der Waals surface area contributed by atoms with Gasteiger partial charge < -0.3 is 0 Å². The third-order valence-electron chi connectivity index (χ3n) is 2.29. The number of hydrogen-bond donors (Lipinski definition) is 2. The highest BCUT2D eigenvalue weighted by Gasteiger charge is 2.11. The summed E-state index contributed by atoms with van der Waals surface area (Å²) in [6, 6.07) is 6.43. The quantitative estimate of drug-likeness (QED) is 0.478. The number of hydrazine groups is 1. The molecule has 0 aliphatic heterocycles. The first-order valence-electron chi connectivity index (χ1n) is 5.22. The maximum Gasteiger partial charge on any atom is 0.246 e. The molecule has 0 saturated carbocycles. The molecule has 1 amide bonds. The molecule has 4 heteroatoms. The molecule has 88 valence electrons. The zero-order chi connectivity index (χ0) is 12.1. The fourth-order valence-corrected chi connectivity index (χ4v) is 2.40. The lowest BCUT2D eigenvalue weighted by atomic mass is 10.1. The van der Waals surface area contributed by atoms with Gasteiger partial charge in [-0.15, -0.1) is 11.8 Å². The zero-order valence-corrected chi connectivity index (χ0v) is 10.7. The maximum atomic E-state index is 11.2. The molecule has 0 bridgehead atoms. The van der Waals surface area contributed by atoms with Crippen molar-refractivity contribution in [1.82, 2.24) is 5.43 Å². The molecule has 3 N–H and O–H groups in total. The lowest BCUT2D eigenvalue weighted by molar-refractivity contribution is -0.120. The second-order valence-electron chi connectivity index (χ2n) is 3.96. The molecule has 0 aliphatic carbocycles. The predicted octanol–water partition coefficient (Wildman–Crippen LogP) is 1.92. The van der Waals surface area contributed by atoms with Gasteiger partial charge in [-0.1, -0.05) is 29.3 Å². The van der Waals surface area contributed by atoms with E-state index >= 15 is 0 Å². The van der Waals surface area contributed by atoms with E-state index in [1.807, 2.05) is 6.92 Å². The van der Waals surface area contributed by atoms with Gasteiger partial charge in [0.2, 0.25) is 5.91 Å². The average Bonchev–Trinajstić information content (AvgIpc) is 2.23. The Labute approximate surface area is 101 Å². The van der Waals surface area contributed by atoms with E-state index in [-0.39, 0.29) is 11.2 Å². The largest absolute Gasteiger partial charge is 0.293 e. The number of carbonyl (C=O) groups excluding carboxylic acids is 1. The van der Waals surface area contributed by atoms with Crippen molar-refractivity contribution in [2.24, 2.45) is 5.84 Å². The highest BCUT2D eigenvalue weighted by Crippen LogP contribution is 2.19. The monoisotopic (exact) mass is 238 g/mol.